The van der Waals surface area contributed by atoms with Gasteiger partial charge in [-0.2, -0.15) is 0 Å². The SMILES string of the molecule is Cc1cc(NCc2ccccc2)c2cc(N)ccc2n1. The fourth-order valence-electron chi connectivity index (χ4n) is 2.32. The van der Waals surface area contributed by atoms with Gasteiger partial charge in [0.1, 0.15) is 0 Å². The van der Waals surface area contributed by atoms with Crippen LogP contribution in [0.3, 0.4) is 0 Å². The van der Waals surface area contributed by atoms with Crippen molar-refractivity contribution >= 4 is 22.3 Å². The molecule has 0 unspecified atom stereocenters. The van der Waals surface area contributed by atoms with Gasteiger partial charge in [0.15, 0.2) is 0 Å². The van der Waals surface area contributed by atoms with E-state index in [9.17, 15) is 0 Å². The molecule has 0 saturated carbocycles. The second-order valence-corrected chi connectivity index (χ2v) is 4.93. The predicted molar refractivity (Wildman–Crippen MR) is 84.7 cm³/mol. The maximum Gasteiger partial charge on any atom is 0.0727 e. The van der Waals surface area contributed by atoms with E-state index >= 15 is 0 Å². The van der Waals surface area contributed by atoms with Gasteiger partial charge in [0.05, 0.1) is 5.52 Å². The minimum atomic E-state index is 0.755. The van der Waals surface area contributed by atoms with Gasteiger partial charge in [0, 0.05) is 29.0 Å². The molecular weight excluding hydrogens is 246 g/mol. The van der Waals surface area contributed by atoms with E-state index < -0.39 is 0 Å². The smallest absolute Gasteiger partial charge is 0.0727 e. The highest BCUT2D eigenvalue weighted by Crippen LogP contribution is 2.25. The average molecular weight is 263 g/mol. The van der Waals surface area contributed by atoms with Crippen molar-refractivity contribution in [3.05, 3.63) is 65.9 Å². The van der Waals surface area contributed by atoms with Gasteiger partial charge in [0.2, 0.25) is 0 Å². The monoisotopic (exact) mass is 263 g/mol. The summed E-state index contributed by atoms with van der Waals surface area (Å²) >= 11 is 0. The molecule has 3 aromatic rings. The highest BCUT2D eigenvalue weighted by molar-refractivity contribution is 5.93. The number of aromatic nitrogens is 1. The molecule has 0 aliphatic carbocycles. The summed E-state index contributed by atoms with van der Waals surface area (Å²) in [7, 11) is 0. The number of rotatable bonds is 3. The van der Waals surface area contributed by atoms with Crippen LogP contribution < -0.4 is 11.1 Å². The van der Waals surface area contributed by atoms with Crippen molar-refractivity contribution in [1.82, 2.24) is 4.98 Å². The fraction of sp³-hybridized carbons (Fsp3) is 0.118. The lowest BCUT2D eigenvalue weighted by molar-refractivity contribution is 1.14. The molecule has 0 aliphatic rings. The highest BCUT2D eigenvalue weighted by Gasteiger charge is 2.04. The van der Waals surface area contributed by atoms with Crippen molar-refractivity contribution in [2.24, 2.45) is 0 Å². The molecule has 20 heavy (non-hydrogen) atoms. The van der Waals surface area contributed by atoms with Gasteiger partial charge in [0.25, 0.3) is 0 Å². The van der Waals surface area contributed by atoms with Gasteiger partial charge in [-0.05, 0) is 36.8 Å². The summed E-state index contributed by atoms with van der Waals surface area (Å²) in [5.41, 5.74) is 10.9. The minimum absolute atomic E-state index is 0.755. The summed E-state index contributed by atoms with van der Waals surface area (Å²) in [4.78, 5) is 4.54. The van der Waals surface area contributed by atoms with Crippen LogP contribution in [0.4, 0.5) is 11.4 Å². The van der Waals surface area contributed by atoms with Gasteiger partial charge in [-0.1, -0.05) is 30.3 Å². The van der Waals surface area contributed by atoms with Crippen molar-refractivity contribution in [1.29, 1.82) is 0 Å². The Morgan fingerprint density at radius 3 is 2.65 bits per heavy atom. The third-order valence-corrected chi connectivity index (χ3v) is 3.29. The van der Waals surface area contributed by atoms with Crippen molar-refractivity contribution in [3.8, 4) is 0 Å². The van der Waals surface area contributed by atoms with Crippen LogP contribution >= 0.6 is 0 Å². The standard InChI is InChI=1S/C17H17N3/c1-12-9-17(19-11-13-5-3-2-4-6-13)15-10-14(18)7-8-16(15)20-12/h2-10H,11,18H2,1H3,(H,19,20). The number of nitrogen functional groups attached to an aromatic ring is 1. The topological polar surface area (TPSA) is 50.9 Å². The fourth-order valence-corrected chi connectivity index (χ4v) is 2.32. The molecule has 0 fully saturated rings. The molecule has 3 rings (SSSR count). The lowest BCUT2D eigenvalue weighted by Crippen LogP contribution is -2.01. The zero-order valence-corrected chi connectivity index (χ0v) is 11.4. The second kappa shape index (κ2) is 5.21. The number of anilines is 2. The molecule has 1 aromatic heterocycles. The van der Waals surface area contributed by atoms with E-state index in [4.69, 9.17) is 5.73 Å². The zero-order chi connectivity index (χ0) is 13.9. The second-order valence-electron chi connectivity index (χ2n) is 4.93. The molecule has 0 amide bonds. The maximum absolute atomic E-state index is 5.88. The Labute approximate surface area is 118 Å². The Bertz CT molecular complexity index is 736. The molecule has 0 saturated heterocycles. The number of pyridine rings is 1. The van der Waals surface area contributed by atoms with Crippen LogP contribution in [-0.2, 0) is 6.54 Å². The third-order valence-electron chi connectivity index (χ3n) is 3.29. The number of nitrogens with two attached hydrogens (primary N) is 1. The summed E-state index contributed by atoms with van der Waals surface area (Å²) < 4.78 is 0. The zero-order valence-electron chi connectivity index (χ0n) is 11.4. The molecule has 0 aliphatic heterocycles. The van der Waals surface area contributed by atoms with Crippen LogP contribution in [0.2, 0.25) is 0 Å². The van der Waals surface area contributed by atoms with Gasteiger partial charge in [-0.15, -0.1) is 0 Å². The lowest BCUT2D eigenvalue weighted by atomic mass is 10.1. The minimum Gasteiger partial charge on any atom is -0.399 e. The van der Waals surface area contributed by atoms with Crippen LogP contribution in [0.15, 0.2) is 54.6 Å². The first-order valence-electron chi connectivity index (χ1n) is 6.67. The average Bonchev–Trinajstić information content (AvgIpc) is 2.46. The molecule has 0 atom stereocenters. The summed E-state index contributed by atoms with van der Waals surface area (Å²) in [6, 6.07) is 18.2. The molecule has 0 radical (unpaired) electrons. The summed E-state index contributed by atoms with van der Waals surface area (Å²) in [5, 5.41) is 4.54. The first kappa shape index (κ1) is 12.5. The van der Waals surface area contributed by atoms with Gasteiger partial charge >= 0.3 is 0 Å². The Morgan fingerprint density at radius 1 is 1.05 bits per heavy atom. The van der Waals surface area contributed by atoms with Crippen LogP contribution in [0, 0.1) is 6.92 Å². The molecule has 1 heterocycles. The summed E-state index contributed by atoms with van der Waals surface area (Å²) in [6.45, 7) is 2.79. The molecule has 0 bridgehead atoms. The molecule has 2 aromatic carbocycles. The molecule has 100 valence electrons. The quantitative estimate of drug-likeness (QED) is 0.708. The van der Waals surface area contributed by atoms with Crippen LogP contribution in [0.1, 0.15) is 11.3 Å². The number of hydrogen-bond acceptors (Lipinski definition) is 3. The summed E-state index contributed by atoms with van der Waals surface area (Å²) in [6.07, 6.45) is 0. The van der Waals surface area contributed by atoms with E-state index in [1.807, 2.05) is 43.3 Å². The molecule has 0 spiro atoms. The van der Waals surface area contributed by atoms with Gasteiger partial charge in [-0.25, -0.2) is 0 Å². The Hall–Kier alpha value is -2.55. The third kappa shape index (κ3) is 2.57. The number of nitrogens with one attached hydrogen (secondary N) is 1. The van der Waals surface area contributed by atoms with Crippen molar-refractivity contribution < 1.29 is 0 Å². The van der Waals surface area contributed by atoms with Crippen LogP contribution in [0.5, 0.6) is 0 Å². The van der Waals surface area contributed by atoms with Crippen molar-refractivity contribution in [3.63, 3.8) is 0 Å². The molecule has 3 nitrogen and oxygen atoms in total. The Morgan fingerprint density at radius 2 is 1.85 bits per heavy atom. The van der Waals surface area contributed by atoms with E-state index in [2.05, 4.69) is 28.5 Å². The number of nitrogens with zero attached hydrogens (tertiary/aromatic N) is 1. The van der Waals surface area contributed by atoms with E-state index in [1.54, 1.807) is 0 Å². The highest BCUT2D eigenvalue weighted by atomic mass is 14.9. The number of aryl methyl sites for hydroxylation is 1. The van der Waals surface area contributed by atoms with Crippen molar-refractivity contribution in [2.75, 3.05) is 11.1 Å². The predicted octanol–water partition coefficient (Wildman–Crippen LogP) is 3.74. The van der Waals surface area contributed by atoms with Gasteiger partial charge in [-0.3, -0.25) is 4.98 Å². The van der Waals surface area contributed by atoms with Crippen LogP contribution in [0.25, 0.3) is 10.9 Å². The lowest BCUT2D eigenvalue weighted by Gasteiger charge is -2.11. The molecule has 3 N–H and O–H groups in total. The van der Waals surface area contributed by atoms with Gasteiger partial charge < -0.3 is 11.1 Å². The molecule has 3 heteroatoms. The Balaban J connectivity index is 1.96. The first-order valence-corrected chi connectivity index (χ1v) is 6.67. The Kier molecular flexibility index (Phi) is 3.25. The first-order chi connectivity index (χ1) is 9.72. The number of benzene rings is 2. The van der Waals surface area contributed by atoms with E-state index in [1.165, 1.54) is 5.56 Å². The maximum atomic E-state index is 5.88. The number of fused-ring (bicyclic) bond motifs is 1. The largest absolute Gasteiger partial charge is 0.399 e. The van der Waals surface area contributed by atoms with Crippen LogP contribution in [-0.4, -0.2) is 4.98 Å². The number of hydrogen-bond donors (Lipinski definition) is 2. The summed E-state index contributed by atoms with van der Waals surface area (Å²) in [5.74, 6) is 0. The van der Waals surface area contributed by atoms with Crippen molar-refractivity contribution in [2.45, 2.75) is 13.5 Å². The normalized spacial score (nSPS) is 10.7. The van der Waals surface area contributed by atoms with E-state index in [0.717, 1.165) is 34.5 Å². The van der Waals surface area contributed by atoms with E-state index in [0.29, 0.717) is 0 Å². The van der Waals surface area contributed by atoms with E-state index in [-0.39, 0.29) is 0 Å². The molecular formula is C17H17N3.